The van der Waals surface area contributed by atoms with Gasteiger partial charge >= 0.3 is 0 Å². The summed E-state index contributed by atoms with van der Waals surface area (Å²) in [5.74, 6) is 0.943. The van der Waals surface area contributed by atoms with Gasteiger partial charge in [0.1, 0.15) is 5.69 Å². The van der Waals surface area contributed by atoms with E-state index in [9.17, 15) is 4.57 Å². The normalized spacial score (nSPS) is 11.8. The summed E-state index contributed by atoms with van der Waals surface area (Å²) < 4.78 is 16.8. The summed E-state index contributed by atoms with van der Waals surface area (Å²) in [5.41, 5.74) is 0.683. The number of aryl methyl sites for hydroxylation is 1. The fourth-order valence-corrected chi connectivity index (χ4v) is 3.06. The van der Waals surface area contributed by atoms with Crippen molar-refractivity contribution in [3.05, 3.63) is 10.4 Å². The van der Waals surface area contributed by atoms with Crippen molar-refractivity contribution in [2.45, 2.75) is 6.42 Å². The molecule has 8 heteroatoms. The van der Waals surface area contributed by atoms with E-state index < -0.39 is 7.14 Å². The largest absolute Gasteiger partial charge is 0.344 e. The van der Waals surface area contributed by atoms with Crippen molar-refractivity contribution in [2.24, 2.45) is 0 Å². The zero-order valence-corrected chi connectivity index (χ0v) is 13.2. The molecule has 0 radical (unpaired) electrons. The Labute approximate surface area is 116 Å². The summed E-state index contributed by atoms with van der Waals surface area (Å²) >= 11 is 1.53. The lowest BCUT2D eigenvalue weighted by Crippen LogP contribution is -2.10. The molecular weight excluding hydrogens is 283 g/mol. The Morgan fingerprint density at radius 3 is 2.68 bits per heavy atom. The highest BCUT2D eigenvalue weighted by Gasteiger charge is 2.15. The van der Waals surface area contributed by atoms with Crippen LogP contribution in [0, 0.1) is 0 Å². The van der Waals surface area contributed by atoms with Crippen LogP contribution in [0.25, 0.3) is 11.6 Å². The fourth-order valence-electron chi connectivity index (χ4n) is 1.39. The van der Waals surface area contributed by atoms with Crippen molar-refractivity contribution < 1.29 is 9.09 Å². The molecule has 0 unspecified atom stereocenters. The Hall–Kier alpha value is -1.20. The van der Waals surface area contributed by atoms with Crippen molar-refractivity contribution in [2.75, 3.05) is 38.5 Å². The minimum atomic E-state index is -1.99. The molecular formula is C11H17N4O2PS. The summed E-state index contributed by atoms with van der Waals surface area (Å²) in [7, 11) is 1.70. The molecule has 2 rings (SSSR count). The molecule has 0 aromatic carbocycles. The molecule has 0 N–H and O–H groups in total. The smallest absolute Gasteiger partial charge is 0.278 e. The van der Waals surface area contributed by atoms with Gasteiger partial charge in [-0.2, -0.15) is 4.98 Å². The van der Waals surface area contributed by atoms with E-state index in [2.05, 4.69) is 15.1 Å². The zero-order valence-electron chi connectivity index (χ0n) is 11.5. The first-order chi connectivity index (χ1) is 8.85. The van der Waals surface area contributed by atoms with E-state index in [-0.39, 0.29) is 0 Å². The molecule has 0 spiro atoms. The zero-order chi connectivity index (χ0) is 14.0. The first-order valence-electron chi connectivity index (χ1n) is 5.85. The molecule has 0 amide bonds. The number of thiazole rings is 1. The lowest BCUT2D eigenvalue weighted by atomic mass is 10.4. The van der Waals surface area contributed by atoms with Crippen molar-refractivity contribution in [3.8, 4) is 11.6 Å². The molecule has 2 aromatic rings. The summed E-state index contributed by atoms with van der Waals surface area (Å²) in [6, 6.07) is 0. The molecule has 2 heterocycles. The minimum Gasteiger partial charge on any atom is -0.344 e. The minimum absolute atomic E-state index is 0.419. The first kappa shape index (κ1) is 14.2. The molecule has 0 saturated heterocycles. The monoisotopic (exact) mass is 300 g/mol. The van der Waals surface area contributed by atoms with Gasteiger partial charge in [-0.1, -0.05) is 0 Å². The van der Waals surface area contributed by atoms with Crippen LogP contribution in [0.15, 0.2) is 9.90 Å². The van der Waals surface area contributed by atoms with Crippen LogP contribution in [0.5, 0.6) is 0 Å². The Kier molecular flexibility index (Phi) is 4.06. The Morgan fingerprint density at radius 1 is 1.37 bits per heavy atom. The second kappa shape index (κ2) is 5.43. The third-order valence-corrected chi connectivity index (χ3v) is 4.66. The predicted octanol–water partition coefficient (Wildman–Crippen LogP) is 2.42. The standard InChI is InChI=1S/C11H17N4O2PS/c1-15(2)11-13-10(17-14-11)8-7-19-9(12-8)5-6-18(3,4)16/h7H,5-6H2,1-4H3. The number of hydrogen-bond donors (Lipinski definition) is 0. The van der Waals surface area contributed by atoms with Crippen LogP contribution in [0.3, 0.4) is 0 Å². The molecule has 6 nitrogen and oxygen atoms in total. The lowest BCUT2D eigenvalue weighted by molar-refractivity contribution is 0.429. The maximum Gasteiger partial charge on any atom is 0.278 e. The number of anilines is 1. The third kappa shape index (κ3) is 3.88. The quantitative estimate of drug-likeness (QED) is 0.790. The van der Waals surface area contributed by atoms with Crippen molar-refractivity contribution in [1.29, 1.82) is 0 Å². The third-order valence-electron chi connectivity index (χ3n) is 2.45. The fraction of sp³-hybridized carbons (Fsp3) is 0.545. The summed E-state index contributed by atoms with van der Waals surface area (Å²) in [4.78, 5) is 10.4. The molecule has 0 saturated carbocycles. The molecule has 0 bridgehead atoms. The molecule has 0 fully saturated rings. The van der Waals surface area contributed by atoms with Crippen LogP contribution in [-0.4, -0.2) is 48.7 Å². The number of nitrogens with zero attached hydrogens (tertiary/aromatic N) is 4. The van der Waals surface area contributed by atoms with E-state index in [1.807, 2.05) is 19.5 Å². The average Bonchev–Trinajstić information content (AvgIpc) is 2.94. The van der Waals surface area contributed by atoms with Crippen LogP contribution in [-0.2, 0) is 11.0 Å². The number of aromatic nitrogens is 3. The highest BCUT2D eigenvalue weighted by molar-refractivity contribution is 7.62. The molecule has 0 atom stereocenters. The van der Waals surface area contributed by atoms with E-state index in [1.165, 1.54) is 11.3 Å². The Bertz CT molecular complexity index is 601. The van der Waals surface area contributed by atoms with Crippen LogP contribution >= 0.6 is 18.5 Å². The van der Waals surface area contributed by atoms with Crippen LogP contribution < -0.4 is 4.90 Å². The van der Waals surface area contributed by atoms with E-state index in [1.54, 1.807) is 18.2 Å². The van der Waals surface area contributed by atoms with Crippen molar-refractivity contribution >= 4 is 24.4 Å². The van der Waals surface area contributed by atoms with E-state index in [0.29, 0.717) is 23.7 Å². The van der Waals surface area contributed by atoms with Crippen LogP contribution in [0.4, 0.5) is 5.95 Å². The van der Waals surface area contributed by atoms with Gasteiger partial charge < -0.3 is 14.0 Å². The second-order valence-electron chi connectivity index (χ2n) is 4.97. The number of hydrogen-bond acceptors (Lipinski definition) is 7. The predicted molar refractivity (Wildman–Crippen MR) is 77.8 cm³/mol. The second-order valence-corrected chi connectivity index (χ2v) is 9.51. The molecule has 19 heavy (non-hydrogen) atoms. The highest BCUT2D eigenvalue weighted by atomic mass is 32.1. The average molecular weight is 300 g/mol. The van der Waals surface area contributed by atoms with Crippen molar-refractivity contribution in [3.63, 3.8) is 0 Å². The van der Waals surface area contributed by atoms with Gasteiger partial charge in [0.2, 0.25) is 0 Å². The SMILES string of the molecule is CN(C)c1noc(-c2csc(CCP(C)(C)=O)n2)n1. The molecule has 2 aromatic heterocycles. The van der Waals surface area contributed by atoms with E-state index >= 15 is 0 Å². The summed E-state index contributed by atoms with van der Waals surface area (Å²) in [6.07, 6.45) is 1.40. The highest BCUT2D eigenvalue weighted by Crippen LogP contribution is 2.36. The Morgan fingerprint density at radius 2 is 2.11 bits per heavy atom. The van der Waals surface area contributed by atoms with E-state index in [4.69, 9.17) is 4.52 Å². The van der Waals surface area contributed by atoms with Gasteiger partial charge in [-0.15, -0.1) is 11.3 Å². The van der Waals surface area contributed by atoms with Gasteiger partial charge in [0.15, 0.2) is 0 Å². The van der Waals surface area contributed by atoms with Gasteiger partial charge in [0.05, 0.1) is 12.1 Å². The summed E-state index contributed by atoms with van der Waals surface area (Å²) in [6.45, 7) is 3.59. The topological polar surface area (TPSA) is 72.1 Å². The van der Waals surface area contributed by atoms with E-state index in [0.717, 1.165) is 11.4 Å². The molecule has 104 valence electrons. The van der Waals surface area contributed by atoms with Crippen LogP contribution in [0.2, 0.25) is 0 Å². The summed E-state index contributed by atoms with van der Waals surface area (Å²) in [5, 5.41) is 6.68. The van der Waals surface area contributed by atoms with Crippen molar-refractivity contribution in [1.82, 2.24) is 15.1 Å². The van der Waals surface area contributed by atoms with Gasteiger partial charge in [0, 0.05) is 32.1 Å². The molecule has 0 aliphatic heterocycles. The van der Waals surface area contributed by atoms with Gasteiger partial charge in [-0.05, 0) is 18.5 Å². The maximum absolute atomic E-state index is 11.7. The lowest BCUT2D eigenvalue weighted by Gasteiger charge is -2.02. The Balaban J connectivity index is 2.09. The first-order valence-corrected chi connectivity index (χ1v) is 9.51. The van der Waals surface area contributed by atoms with Gasteiger partial charge in [-0.3, -0.25) is 0 Å². The number of rotatable bonds is 5. The maximum atomic E-state index is 11.7. The molecule has 0 aliphatic carbocycles. The van der Waals surface area contributed by atoms with Gasteiger partial charge in [0.25, 0.3) is 11.8 Å². The molecule has 0 aliphatic rings. The van der Waals surface area contributed by atoms with Crippen LogP contribution in [0.1, 0.15) is 5.01 Å². The van der Waals surface area contributed by atoms with Gasteiger partial charge in [-0.25, -0.2) is 4.98 Å².